The average molecular weight is 387 g/mol. The van der Waals surface area contributed by atoms with Crippen LogP contribution >= 0.6 is 0 Å². The molecule has 11 heteroatoms. The lowest BCUT2D eigenvalue weighted by Gasteiger charge is -2.27. The number of non-ortho nitro benzene ring substituents is 1. The van der Waals surface area contributed by atoms with Gasteiger partial charge in [0.25, 0.3) is 5.69 Å². The van der Waals surface area contributed by atoms with E-state index in [0.29, 0.717) is 6.42 Å². The third kappa shape index (κ3) is 6.08. The molecule has 1 aromatic carbocycles. The van der Waals surface area contributed by atoms with Crippen LogP contribution in [0.15, 0.2) is 29.2 Å². The summed E-state index contributed by atoms with van der Waals surface area (Å²) in [4.78, 5) is 34.0. The van der Waals surface area contributed by atoms with Crippen LogP contribution in [0.3, 0.4) is 0 Å². The standard InChI is InChI=1S/C15H21N3O7S/c1-3-11(2)17(10-15(20)21)14(19)8-9-16-26(24,25)13-6-4-12(5-7-13)18(22)23/h4-7,11,16H,3,8-10H2,1-2H3,(H,20,21). The molecule has 0 aliphatic carbocycles. The van der Waals surface area contributed by atoms with Gasteiger partial charge in [-0.05, 0) is 25.5 Å². The fraction of sp³-hybridized carbons (Fsp3) is 0.467. The van der Waals surface area contributed by atoms with Crippen molar-refractivity contribution in [1.29, 1.82) is 0 Å². The first-order chi connectivity index (χ1) is 12.1. The summed E-state index contributed by atoms with van der Waals surface area (Å²) in [5.74, 6) is -1.63. The predicted octanol–water partition coefficient (Wildman–Crippen LogP) is 0.975. The molecule has 144 valence electrons. The summed E-state index contributed by atoms with van der Waals surface area (Å²) < 4.78 is 26.5. The van der Waals surface area contributed by atoms with Crippen molar-refractivity contribution in [3.05, 3.63) is 34.4 Å². The molecule has 1 aromatic rings. The van der Waals surface area contributed by atoms with Crippen LogP contribution < -0.4 is 4.72 Å². The number of amides is 1. The number of hydrogen-bond acceptors (Lipinski definition) is 6. The maximum Gasteiger partial charge on any atom is 0.323 e. The zero-order chi connectivity index (χ0) is 19.9. The summed E-state index contributed by atoms with van der Waals surface area (Å²) in [6.07, 6.45) is 0.359. The highest BCUT2D eigenvalue weighted by atomic mass is 32.2. The number of carbonyl (C=O) groups is 2. The van der Waals surface area contributed by atoms with E-state index in [1.165, 1.54) is 4.90 Å². The predicted molar refractivity (Wildman–Crippen MR) is 92.0 cm³/mol. The third-order valence-corrected chi connectivity index (χ3v) is 5.21. The fourth-order valence-electron chi connectivity index (χ4n) is 2.12. The second kappa shape index (κ2) is 9.25. The van der Waals surface area contributed by atoms with Gasteiger partial charge in [0.1, 0.15) is 6.54 Å². The van der Waals surface area contributed by atoms with Crippen LogP contribution in [0.1, 0.15) is 26.7 Å². The monoisotopic (exact) mass is 387 g/mol. The Balaban J connectivity index is 2.70. The Hall–Kier alpha value is -2.53. The van der Waals surface area contributed by atoms with Crippen molar-refractivity contribution in [2.24, 2.45) is 0 Å². The van der Waals surface area contributed by atoms with Crippen molar-refractivity contribution in [3.8, 4) is 0 Å². The number of carboxylic acid groups (broad SMARTS) is 1. The molecule has 1 unspecified atom stereocenters. The average Bonchev–Trinajstić information content (AvgIpc) is 2.58. The zero-order valence-electron chi connectivity index (χ0n) is 14.4. The lowest BCUT2D eigenvalue weighted by Crippen LogP contribution is -2.43. The number of nitrogens with one attached hydrogen (secondary N) is 1. The first-order valence-electron chi connectivity index (χ1n) is 7.83. The molecule has 0 saturated carbocycles. The Morgan fingerprint density at radius 1 is 1.31 bits per heavy atom. The highest BCUT2D eigenvalue weighted by molar-refractivity contribution is 7.89. The summed E-state index contributed by atoms with van der Waals surface area (Å²) >= 11 is 0. The van der Waals surface area contributed by atoms with Gasteiger partial charge < -0.3 is 10.0 Å². The Morgan fingerprint density at radius 2 is 1.88 bits per heavy atom. The third-order valence-electron chi connectivity index (χ3n) is 3.74. The zero-order valence-corrected chi connectivity index (χ0v) is 15.2. The summed E-state index contributed by atoms with van der Waals surface area (Å²) in [6.45, 7) is 2.85. The van der Waals surface area contributed by atoms with Crippen LogP contribution in [0.25, 0.3) is 0 Å². The maximum absolute atomic E-state index is 12.2. The summed E-state index contributed by atoms with van der Waals surface area (Å²) in [5.41, 5.74) is -0.239. The Bertz CT molecular complexity index is 762. The van der Waals surface area contributed by atoms with E-state index in [1.807, 2.05) is 6.92 Å². The number of benzene rings is 1. The first kappa shape index (κ1) is 21.5. The van der Waals surface area contributed by atoms with Crippen LogP contribution in [-0.2, 0) is 19.6 Å². The lowest BCUT2D eigenvalue weighted by atomic mass is 10.2. The van der Waals surface area contributed by atoms with Crippen LogP contribution in [0.2, 0.25) is 0 Å². The Morgan fingerprint density at radius 3 is 2.35 bits per heavy atom. The smallest absolute Gasteiger partial charge is 0.323 e. The number of nitro groups is 1. The molecular formula is C15H21N3O7S. The van der Waals surface area contributed by atoms with E-state index in [2.05, 4.69) is 4.72 Å². The Labute approximate surface area is 151 Å². The number of sulfonamides is 1. The molecule has 0 fully saturated rings. The number of nitro benzene ring substituents is 1. The van der Waals surface area contributed by atoms with E-state index < -0.39 is 33.4 Å². The molecule has 0 radical (unpaired) electrons. The largest absolute Gasteiger partial charge is 0.480 e. The first-order valence-corrected chi connectivity index (χ1v) is 9.32. The van der Waals surface area contributed by atoms with Gasteiger partial charge in [-0.25, -0.2) is 13.1 Å². The van der Waals surface area contributed by atoms with Gasteiger partial charge in [0.2, 0.25) is 15.9 Å². The van der Waals surface area contributed by atoms with Crippen LogP contribution in [0, 0.1) is 10.1 Å². The van der Waals surface area contributed by atoms with Crippen molar-refractivity contribution in [1.82, 2.24) is 9.62 Å². The molecule has 0 aliphatic heterocycles. The molecule has 0 saturated heterocycles. The van der Waals surface area contributed by atoms with Crippen LogP contribution in [0.5, 0.6) is 0 Å². The molecule has 0 aromatic heterocycles. The SMILES string of the molecule is CCC(C)N(CC(=O)O)C(=O)CCNS(=O)(=O)c1ccc([N+](=O)[O-])cc1. The minimum absolute atomic E-state index is 0.167. The van der Waals surface area contributed by atoms with Gasteiger partial charge in [-0.1, -0.05) is 6.92 Å². The van der Waals surface area contributed by atoms with Gasteiger partial charge in [0.15, 0.2) is 0 Å². The summed E-state index contributed by atoms with van der Waals surface area (Å²) in [7, 11) is -3.93. The van der Waals surface area contributed by atoms with Gasteiger partial charge in [0, 0.05) is 31.1 Å². The van der Waals surface area contributed by atoms with E-state index in [-0.39, 0.29) is 29.6 Å². The molecule has 26 heavy (non-hydrogen) atoms. The summed E-state index contributed by atoms with van der Waals surface area (Å²) in [6, 6.07) is 4.04. The fourth-order valence-corrected chi connectivity index (χ4v) is 3.15. The minimum atomic E-state index is -3.93. The molecule has 1 rings (SSSR count). The highest BCUT2D eigenvalue weighted by Gasteiger charge is 2.22. The Kier molecular flexibility index (Phi) is 7.65. The number of rotatable bonds is 10. The van der Waals surface area contributed by atoms with Crippen molar-refractivity contribution in [3.63, 3.8) is 0 Å². The molecule has 0 bridgehead atoms. The van der Waals surface area contributed by atoms with Gasteiger partial charge >= 0.3 is 5.97 Å². The lowest BCUT2D eigenvalue weighted by molar-refractivity contribution is -0.384. The molecule has 0 heterocycles. The quantitative estimate of drug-likeness (QED) is 0.449. The van der Waals surface area contributed by atoms with E-state index in [4.69, 9.17) is 5.11 Å². The van der Waals surface area contributed by atoms with Crippen molar-refractivity contribution in [2.45, 2.75) is 37.6 Å². The van der Waals surface area contributed by atoms with Crippen molar-refractivity contribution >= 4 is 27.6 Å². The second-order valence-corrected chi connectivity index (χ2v) is 7.34. The topological polar surface area (TPSA) is 147 Å². The summed E-state index contributed by atoms with van der Waals surface area (Å²) in [5, 5.41) is 19.5. The van der Waals surface area contributed by atoms with Gasteiger partial charge in [0.05, 0.1) is 9.82 Å². The molecule has 2 N–H and O–H groups in total. The van der Waals surface area contributed by atoms with Gasteiger partial charge in [-0.2, -0.15) is 0 Å². The molecule has 1 amide bonds. The second-order valence-electron chi connectivity index (χ2n) is 5.57. The number of aliphatic carboxylic acids is 1. The molecule has 0 spiro atoms. The van der Waals surface area contributed by atoms with E-state index >= 15 is 0 Å². The molecule has 10 nitrogen and oxygen atoms in total. The number of carboxylic acids is 1. The number of nitrogens with zero attached hydrogens (tertiary/aromatic N) is 2. The van der Waals surface area contributed by atoms with E-state index in [1.54, 1.807) is 6.92 Å². The highest BCUT2D eigenvalue weighted by Crippen LogP contribution is 2.15. The normalized spacial score (nSPS) is 12.4. The van der Waals surface area contributed by atoms with E-state index in [9.17, 15) is 28.1 Å². The van der Waals surface area contributed by atoms with Crippen LogP contribution in [0.4, 0.5) is 5.69 Å². The van der Waals surface area contributed by atoms with Crippen molar-refractivity contribution in [2.75, 3.05) is 13.1 Å². The van der Waals surface area contributed by atoms with Gasteiger partial charge in [-0.15, -0.1) is 0 Å². The number of hydrogen-bond donors (Lipinski definition) is 2. The molecule has 1 atom stereocenters. The van der Waals surface area contributed by atoms with E-state index in [0.717, 1.165) is 24.3 Å². The van der Waals surface area contributed by atoms with Gasteiger partial charge in [-0.3, -0.25) is 19.7 Å². The van der Waals surface area contributed by atoms with Crippen LogP contribution in [-0.4, -0.2) is 54.4 Å². The molecule has 0 aliphatic rings. The minimum Gasteiger partial charge on any atom is -0.480 e. The van der Waals surface area contributed by atoms with Crippen molar-refractivity contribution < 1.29 is 28.0 Å². The number of carbonyl (C=O) groups excluding carboxylic acids is 1. The maximum atomic E-state index is 12.2. The molecular weight excluding hydrogens is 366 g/mol.